The van der Waals surface area contributed by atoms with Gasteiger partial charge in [-0.2, -0.15) is 0 Å². The molecule has 35 heavy (non-hydrogen) atoms. The van der Waals surface area contributed by atoms with Crippen molar-refractivity contribution in [2.24, 2.45) is 0 Å². The summed E-state index contributed by atoms with van der Waals surface area (Å²) >= 11 is 6.93. The molecule has 0 bridgehead atoms. The van der Waals surface area contributed by atoms with Crippen molar-refractivity contribution in [3.63, 3.8) is 0 Å². The SMILES string of the molecule is CCOc1cc(/C=C2\C(=O)NC(=O)N(c3ccccc3)C2=O)cc(Br)c1OCc1ccc(Br)cc1. The van der Waals surface area contributed by atoms with E-state index < -0.39 is 17.8 Å². The van der Waals surface area contributed by atoms with Gasteiger partial charge in [-0.25, -0.2) is 9.69 Å². The zero-order valence-corrected chi connectivity index (χ0v) is 21.8. The van der Waals surface area contributed by atoms with E-state index in [1.54, 1.807) is 42.5 Å². The highest BCUT2D eigenvalue weighted by Crippen LogP contribution is 2.38. The molecule has 0 aromatic heterocycles. The number of para-hydroxylation sites is 1. The molecule has 0 spiro atoms. The number of barbiturate groups is 1. The molecule has 0 aliphatic carbocycles. The van der Waals surface area contributed by atoms with E-state index in [1.165, 1.54) is 6.08 Å². The van der Waals surface area contributed by atoms with E-state index >= 15 is 0 Å². The van der Waals surface area contributed by atoms with Crippen molar-refractivity contribution in [2.45, 2.75) is 13.5 Å². The number of carbonyl (C=O) groups is 3. The van der Waals surface area contributed by atoms with E-state index in [9.17, 15) is 14.4 Å². The molecule has 4 amide bonds. The minimum absolute atomic E-state index is 0.175. The van der Waals surface area contributed by atoms with Crippen LogP contribution in [-0.2, 0) is 16.2 Å². The van der Waals surface area contributed by atoms with Gasteiger partial charge in [0.05, 0.1) is 16.8 Å². The fourth-order valence-corrected chi connectivity index (χ4v) is 4.28. The summed E-state index contributed by atoms with van der Waals surface area (Å²) in [6.07, 6.45) is 1.42. The quantitative estimate of drug-likeness (QED) is 0.272. The first kappa shape index (κ1) is 24.7. The van der Waals surface area contributed by atoms with Gasteiger partial charge in [0, 0.05) is 4.47 Å². The summed E-state index contributed by atoms with van der Waals surface area (Å²) in [6.45, 7) is 2.55. The van der Waals surface area contributed by atoms with Gasteiger partial charge in [0.15, 0.2) is 11.5 Å². The minimum Gasteiger partial charge on any atom is -0.490 e. The molecule has 1 heterocycles. The first-order valence-electron chi connectivity index (χ1n) is 10.7. The molecule has 1 saturated heterocycles. The van der Waals surface area contributed by atoms with Crippen LogP contribution in [0.15, 0.2) is 81.2 Å². The van der Waals surface area contributed by atoms with Gasteiger partial charge in [0.25, 0.3) is 11.8 Å². The first-order valence-corrected chi connectivity index (χ1v) is 12.3. The van der Waals surface area contributed by atoms with Crippen LogP contribution in [0.3, 0.4) is 0 Å². The van der Waals surface area contributed by atoms with Crippen molar-refractivity contribution in [1.82, 2.24) is 5.32 Å². The van der Waals surface area contributed by atoms with Crippen LogP contribution < -0.4 is 19.7 Å². The van der Waals surface area contributed by atoms with Crippen LogP contribution in [0.5, 0.6) is 11.5 Å². The number of anilines is 1. The molecule has 1 aliphatic rings. The van der Waals surface area contributed by atoms with Crippen LogP contribution >= 0.6 is 31.9 Å². The van der Waals surface area contributed by atoms with E-state index in [4.69, 9.17) is 9.47 Å². The fourth-order valence-electron chi connectivity index (χ4n) is 3.45. The molecular weight excluding hydrogens is 580 g/mol. The largest absolute Gasteiger partial charge is 0.490 e. The van der Waals surface area contributed by atoms with E-state index in [0.717, 1.165) is 14.9 Å². The van der Waals surface area contributed by atoms with Crippen LogP contribution in [0.4, 0.5) is 10.5 Å². The predicted molar refractivity (Wildman–Crippen MR) is 139 cm³/mol. The third-order valence-corrected chi connectivity index (χ3v) is 6.17. The van der Waals surface area contributed by atoms with Crippen LogP contribution in [-0.4, -0.2) is 24.5 Å². The molecule has 7 nitrogen and oxygen atoms in total. The molecule has 4 rings (SSSR count). The van der Waals surface area contributed by atoms with Gasteiger partial charge in [0.1, 0.15) is 12.2 Å². The Morgan fingerprint density at radius 1 is 0.943 bits per heavy atom. The number of rotatable bonds is 7. The standard InChI is InChI=1S/C26H20Br2N2O5/c1-2-34-22-14-17(13-21(28)23(22)35-15-16-8-10-18(27)11-9-16)12-20-24(31)29-26(33)30(25(20)32)19-6-4-3-5-7-19/h3-14H,2,15H2,1H3,(H,29,31,33)/b20-12+. The number of urea groups is 1. The lowest BCUT2D eigenvalue weighted by molar-refractivity contribution is -0.122. The fraction of sp³-hybridized carbons (Fsp3) is 0.115. The van der Waals surface area contributed by atoms with Gasteiger partial charge < -0.3 is 9.47 Å². The normalized spacial score (nSPS) is 14.8. The summed E-state index contributed by atoms with van der Waals surface area (Å²) in [7, 11) is 0. The number of halogens is 2. The zero-order chi connectivity index (χ0) is 24.9. The Hall–Kier alpha value is -3.43. The van der Waals surface area contributed by atoms with Gasteiger partial charge in [-0.3, -0.25) is 14.9 Å². The van der Waals surface area contributed by atoms with Crippen molar-refractivity contribution in [1.29, 1.82) is 0 Å². The van der Waals surface area contributed by atoms with Crippen LogP contribution in [0.1, 0.15) is 18.1 Å². The van der Waals surface area contributed by atoms with Crippen molar-refractivity contribution >= 4 is 61.5 Å². The van der Waals surface area contributed by atoms with Gasteiger partial charge in [-0.05, 0) is 76.5 Å². The summed E-state index contributed by atoms with van der Waals surface area (Å²) in [5.41, 5.74) is 1.69. The molecule has 0 saturated carbocycles. The van der Waals surface area contributed by atoms with Crippen molar-refractivity contribution in [3.8, 4) is 11.5 Å². The molecule has 1 fully saturated rings. The number of hydrogen-bond acceptors (Lipinski definition) is 5. The number of imide groups is 2. The molecule has 0 atom stereocenters. The number of nitrogens with one attached hydrogen (secondary N) is 1. The smallest absolute Gasteiger partial charge is 0.335 e. The van der Waals surface area contributed by atoms with Gasteiger partial charge in [-0.15, -0.1) is 0 Å². The Bertz CT molecular complexity index is 1310. The van der Waals surface area contributed by atoms with Crippen LogP contribution in [0.25, 0.3) is 6.08 Å². The van der Waals surface area contributed by atoms with Crippen molar-refractivity contribution < 1.29 is 23.9 Å². The van der Waals surface area contributed by atoms with Gasteiger partial charge >= 0.3 is 6.03 Å². The number of ether oxygens (including phenoxy) is 2. The van der Waals surface area contributed by atoms with Crippen molar-refractivity contribution in [2.75, 3.05) is 11.5 Å². The average Bonchev–Trinajstić information content (AvgIpc) is 2.83. The van der Waals surface area contributed by atoms with Crippen molar-refractivity contribution in [3.05, 3.63) is 92.4 Å². The van der Waals surface area contributed by atoms with Crippen LogP contribution in [0.2, 0.25) is 0 Å². The lowest BCUT2D eigenvalue weighted by Crippen LogP contribution is -2.54. The Morgan fingerprint density at radius 3 is 2.34 bits per heavy atom. The second-order valence-electron chi connectivity index (χ2n) is 7.47. The maximum Gasteiger partial charge on any atom is 0.335 e. The lowest BCUT2D eigenvalue weighted by Gasteiger charge is -2.26. The monoisotopic (exact) mass is 598 g/mol. The van der Waals surface area contributed by atoms with E-state index in [0.29, 0.717) is 40.4 Å². The number of nitrogens with zero attached hydrogens (tertiary/aromatic N) is 1. The highest BCUT2D eigenvalue weighted by Gasteiger charge is 2.36. The van der Waals surface area contributed by atoms with Crippen LogP contribution in [0, 0.1) is 0 Å². The number of carbonyl (C=O) groups excluding carboxylic acids is 3. The molecular formula is C26H20Br2N2O5. The van der Waals surface area contributed by atoms with E-state index in [2.05, 4.69) is 37.2 Å². The summed E-state index contributed by atoms with van der Waals surface area (Å²) in [4.78, 5) is 38.9. The maximum atomic E-state index is 13.1. The second kappa shape index (κ2) is 10.9. The number of amides is 4. The highest BCUT2D eigenvalue weighted by atomic mass is 79.9. The molecule has 0 radical (unpaired) electrons. The molecule has 3 aromatic rings. The number of hydrogen-bond donors (Lipinski definition) is 1. The summed E-state index contributed by atoms with van der Waals surface area (Å²) < 4.78 is 13.4. The third-order valence-electron chi connectivity index (χ3n) is 5.06. The zero-order valence-electron chi connectivity index (χ0n) is 18.6. The van der Waals surface area contributed by atoms with E-state index in [1.807, 2.05) is 31.2 Å². The Morgan fingerprint density at radius 2 is 1.66 bits per heavy atom. The molecule has 3 aromatic carbocycles. The summed E-state index contributed by atoms with van der Waals surface area (Å²) in [5.74, 6) is -0.533. The molecule has 178 valence electrons. The highest BCUT2D eigenvalue weighted by molar-refractivity contribution is 9.10. The topological polar surface area (TPSA) is 84.9 Å². The first-order chi connectivity index (χ1) is 16.9. The summed E-state index contributed by atoms with van der Waals surface area (Å²) in [5, 5.41) is 2.22. The molecule has 9 heteroatoms. The minimum atomic E-state index is -0.795. The predicted octanol–water partition coefficient (Wildman–Crippen LogP) is 5.86. The second-order valence-corrected chi connectivity index (χ2v) is 9.24. The Kier molecular flexibility index (Phi) is 7.67. The lowest BCUT2D eigenvalue weighted by atomic mass is 10.1. The Balaban J connectivity index is 1.65. The molecule has 1 aliphatic heterocycles. The molecule has 1 N–H and O–H groups in total. The maximum absolute atomic E-state index is 13.1. The van der Waals surface area contributed by atoms with Gasteiger partial charge in [-0.1, -0.05) is 46.3 Å². The molecule has 0 unspecified atom stereocenters. The summed E-state index contributed by atoms with van der Waals surface area (Å²) in [6, 6.07) is 18.8. The van der Waals surface area contributed by atoms with Gasteiger partial charge in [0.2, 0.25) is 0 Å². The average molecular weight is 600 g/mol. The third kappa shape index (κ3) is 5.63. The van der Waals surface area contributed by atoms with E-state index in [-0.39, 0.29) is 5.57 Å². The Labute approximate surface area is 219 Å². The number of benzene rings is 3.